The number of aromatic nitrogens is 2. The van der Waals surface area contributed by atoms with Crippen molar-refractivity contribution in [2.45, 2.75) is 13.5 Å². The van der Waals surface area contributed by atoms with Gasteiger partial charge in [0.05, 0.1) is 12.2 Å². The largest absolute Gasteiger partial charge is 0.493 e. The summed E-state index contributed by atoms with van der Waals surface area (Å²) in [5.74, 6) is -1.47. The van der Waals surface area contributed by atoms with Crippen LogP contribution >= 0.6 is 11.6 Å². The van der Waals surface area contributed by atoms with Crippen LogP contribution in [0.4, 0.5) is 0 Å². The fraction of sp³-hybridized carbons (Fsp3) is 0.150. The zero-order valence-electron chi connectivity index (χ0n) is 15.1. The molecule has 28 heavy (non-hydrogen) atoms. The number of hydrogen-bond acceptors (Lipinski definition) is 4. The van der Waals surface area contributed by atoms with Gasteiger partial charge in [0.2, 0.25) is 5.88 Å². The molecule has 0 radical (unpaired) electrons. The van der Waals surface area contributed by atoms with Crippen LogP contribution in [0.3, 0.4) is 0 Å². The number of halogens is 1. The molecule has 8 heteroatoms. The van der Waals surface area contributed by atoms with Crippen LogP contribution in [0.5, 0.6) is 5.88 Å². The molecule has 1 heterocycles. The smallest absolute Gasteiger partial charge is 0.338 e. The topological polar surface area (TPSA) is 93.3 Å². The van der Waals surface area contributed by atoms with Crippen molar-refractivity contribution in [1.29, 1.82) is 0 Å². The van der Waals surface area contributed by atoms with E-state index >= 15 is 0 Å². The van der Waals surface area contributed by atoms with E-state index in [1.54, 1.807) is 43.3 Å². The van der Waals surface area contributed by atoms with E-state index in [0.29, 0.717) is 10.6 Å². The van der Waals surface area contributed by atoms with Crippen molar-refractivity contribution in [3.8, 4) is 11.6 Å². The fourth-order valence-corrected chi connectivity index (χ4v) is 2.94. The number of hydrogen-bond donors (Lipinski definition) is 2. The van der Waals surface area contributed by atoms with Crippen LogP contribution in [0.1, 0.15) is 22.8 Å². The summed E-state index contributed by atoms with van der Waals surface area (Å²) >= 11 is 5.90. The van der Waals surface area contributed by atoms with E-state index in [2.05, 4.69) is 5.32 Å². The first-order valence-electron chi connectivity index (χ1n) is 8.61. The molecule has 0 aliphatic heterocycles. The quantitative estimate of drug-likeness (QED) is 0.687. The summed E-state index contributed by atoms with van der Waals surface area (Å²) in [5, 5.41) is 13.6. The molecule has 0 unspecified atom stereocenters. The maximum absolute atomic E-state index is 13.0. The number of aromatic hydroxyl groups is 1. The molecular formula is C20H18ClN3O4. The van der Waals surface area contributed by atoms with Gasteiger partial charge in [-0.05, 0) is 36.8 Å². The molecule has 0 spiro atoms. The molecule has 1 amide bonds. The van der Waals surface area contributed by atoms with Crippen molar-refractivity contribution in [3.63, 3.8) is 0 Å². The second-order valence-electron chi connectivity index (χ2n) is 6.03. The highest BCUT2D eigenvalue weighted by Crippen LogP contribution is 2.19. The van der Waals surface area contributed by atoms with Gasteiger partial charge in [-0.1, -0.05) is 41.9 Å². The monoisotopic (exact) mass is 399 g/mol. The predicted octanol–water partition coefficient (Wildman–Crippen LogP) is 2.16. The lowest BCUT2D eigenvalue weighted by atomic mass is 10.2. The lowest BCUT2D eigenvalue weighted by Crippen LogP contribution is -2.44. The molecule has 0 aliphatic rings. The van der Waals surface area contributed by atoms with Gasteiger partial charge in [0.25, 0.3) is 11.5 Å². The van der Waals surface area contributed by atoms with Crippen molar-refractivity contribution in [3.05, 3.63) is 91.6 Å². The van der Waals surface area contributed by atoms with Crippen LogP contribution in [0.2, 0.25) is 5.02 Å². The first kappa shape index (κ1) is 19.4. The number of amides is 1. The maximum atomic E-state index is 13.0. The molecule has 0 aliphatic carbocycles. The van der Waals surface area contributed by atoms with Gasteiger partial charge < -0.3 is 10.4 Å². The van der Waals surface area contributed by atoms with Gasteiger partial charge in [0.1, 0.15) is 0 Å². The Labute approximate surface area is 165 Å². The van der Waals surface area contributed by atoms with Crippen LogP contribution in [0.15, 0.2) is 64.2 Å². The number of carbonyl (C=O) groups excluding carboxylic acids is 1. The van der Waals surface area contributed by atoms with Gasteiger partial charge in [-0.25, -0.2) is 9.36 Å². The summed E-state index contributed by atoms with van der Waals surface area (Å²) in [6.07, 6.45) is 0. The molecule has 1 aromatic heterocycles. The molecular weight excluding hydrogens is 382 g/mol. The van der Waals surface area contributed by atoms with E-state index in [-0.39, 0.29) is 18.8 Å². The summed E-state index contributed by atoms with van der Waals surface area (Å²) in [7, 11) is 0. The van der Waals surface area contributed by atoms with Gasteiger partial charge in [-0.15, -0.1) is 0 Å². The number of benzene rings is 2. The number of rotatable bonds is 5. The van der Waals surface area contributed by atoms with Crippen molar-refractivity contribution < 1.29 is 9.90 Å². The first-order valence-corrected chi connectivity index (χ1v) is 8.98. The summed E-state index contributed by atoms with van der Waals surface area (Å²) < 4.78 is 1.85. The molecule has 0 saturated heterocycles. The van der Waals surface area contributed by atoms with E-state index in [0.717, 1.165) is 9.13 Å². The average Bonchev–Trinajstić information content (AvgIpc) is 2.68. The Morgan fingerprint density at radius 1 is 1.07 bits per heavy atom. The fourth-order valence-electron chi connectivity index (χ4n) is 2.82. The number of nitrogens with zero attached hydrogens (tertiary/aromatic N) is 2. The van der Waals surface area contributed by atoms with Crippen molar-refractivity contribution in [1.82, 2.24) is 14.5 Å². The summed E-state index contributed by atoms with van der Waals surface area (Å²) in [4.78, 5) is 38.3. The van der Waals surface area contributed by atoms with Gasteiger partial charge in [-0.2, -0.15) is 0 Å². The van der Waals surface area contributed by atoms with E-state index in [4.69, 9.17) is 11.6 Å². The Bertz CT molecular complexity index is 1120. The number of nitrogens with one attached hydrogen (secondary N) is 1. The molecule has 2 N–H and O–H groups in total. The molecule has 3 aromatic rings. The van der Waals surface area contributed by atoms with E-state index < -0.39 is 28.6 Å². The van der Waals surface area contributed by atoms with Crippen LogP contribution in [0.25, 0.3) is 5.69 Å². The maximum Gasteiger partial charge on any atom is 0.338 e. The SMILES string of the molecule is CCNC(=O)c1c(O)n(-c2ccc(Cl)cc2)c(=O)n(Cc2ccccc2)c1=O. The third-order valence-electron chi connectivity index (χ3n) is 4.15. The predicted molar refractivity (Wildman–Crippen MR) is 107 cm³/mol. The third-order valence-corrected chi connectivity index (χ3v) is 4.40. The standard InChI is InChI=1S/C20H18ClN3O4/c1-2-22-17(25)16-18(26)23(12-13-6-4-3-5-7-13)20(28)24(19(16)27)15-10-8-14(21)9-11-15/h3-11,27H,2,12H2,1H3,(H,22,25). The van der Waals surface area contributed by atoms with Crippen molar-refractivity contribution in [2.75, 3.05) is 6.54 Å². The molecule has 0 atom stereocenters. The zero-order chi connectivity index (χ0) is 20.3. The highest BCUT2D eigenvalue weighted by molar-refractivity contribution is 6.30. The summed E-state index contributed by atoms with van der Waals surface area (Å²) in [6, 6.07) is 15.0. The lowest BCUT2D eigenvalue weighted by molar-refractivity contribution is 0.0949. The van der Waals surface area contributed by atoms with Crippen LogP contribution in [-0.2, 0) is 6.54 Å². The lowest BCUT2D eigenvalue weighted by Gasteiger charge is -2.15. The molecule has 2 aromatic carbocycles. The summed E-state index contributed by atoms with van der Waals surface area (Å²) in [5.41, 5.74) is -1.13. The van der Waals surface area contributed by atoms with Crippen molar-refractivity contribution in [2.24, 2.45) is 0 Å². The van der Waals surface area contributed by atoms with E-state index in [9.17, 15) is 19.5 Å². The Kier molecular flexibility index (Phi) is 5.65. The Balaban J connectivity index is 2.29. The first-order chi connectivity index (χ1) is 13.4. The Morgan fingerprint density at radius 2 is 1.71 bits per heavy atom. The molecule has 3 rings (SSSR count). The average molecular weight is 400 g/mol. The second-order valence-corrected chi connectivity index (χ2v) is 6.47. The van der Waals surface area contributed by atoms with Gasteiger partial charge in [0, 0.05) is 11.6 Å². The van der Waals surface area contributed by atoms with Crippen molar-refractivity contribution >= 4 is 17.5 Å². The number of carbonyl (C=O) groups is 1. The molecule has 7 nitrogen and oxygen atoms in total. The minimum Gasteiger partial charge on any atom is -0.493 e. The minimum atomic E-state index is -0.859. The molecule has 0 saturated carbocycles. The van der Waals surface area contributed by atoms with Gasteiger partial charge >= 0.3 is 5.69 Å². The molecule has 144 valence electrons. The molecule has 0 bridgehead atoms. The highest BCUT2D eigenvalue weighted by Gasteiger charge is 2.24. The van der Waals surface area contributed by atoms with Crippen LogP contribution < -0.4 is 16.6 Å². The second kappa shape index (κ2) is 8.14. The Hall–Kier alpha value is -3.32. The van der Waals surface area contributed by atoms with Crippen LogP contribution in [-0.4, -0.2) is 26.7 Å². The van der Waals surface area contributed by atoms with Gasteiger partial charge in [-0.3, -0.25) is 14.2 Å². The van der Waals surface area contributed by atoms with E-state index in [1.165, 1.54) is 12.1 Å². The summed E-state index contributed by atoms with van der Waals surface area (Å²) in [6.45, 7) is 1.90. The van der Waals surface area contributed by atoms with E-state index in [1.807, 2.05) is 6.07 Å². The Morgan fingerprint density at radius 3 is 2.32 bits per heavy atom. The van der Waals surface area contributed by atoms with Crippen LogP contribution in [0, 0.1) is 0 Å². The normalized spacial score (nSPS) is 10.6. The zero-order valence-corrected chi connectivity index (χ0v) is 15.8. The van der Waals surface area contributed by atoms with Gasteiger partial charge in [0.15, 0.2) is 5.56 Å². The molecule has 0 fully saturated rings. The minimum absolute atomic E-state index is 0.0429. The third kappa shape index (κ3) is 3.70. The highest BCUT2D eigenvalue weighted by atomic mass is 35.5.